The van der Waals surface area contributed by atoms with Crippen molar-refractivity contribution in [3.8, 4) is 0 Å². The maximum atomic E-state index is 12.7. The van der Waals surface area contributed by atoms with Gasteiger partial charge in [-0.15, -0.1) is 0 Å². The van der Waals surface area contributed by atoms with Gasteiger partial charge in [0, 0.05) is 12.2 Å². The Morgan fingerprint density at radius 3 is 3.10 bits per heavy atom. The number of nitrogens with one attached hydrogen (secondary N) is 1. The van der Waals surface area contributed by atoms with E-state index in [9.17, 15) is 4.79 Å². The van der Waals surface area contributed by atoms with E-state index in [0.29, 0.717) is 6.42 Å². The third kappa shape index (κ3) is 3.17. The Kier molecular flexibility index (Phi) is 4.08. The second-order valence-electron chi connectivity index (χ2n) is 5.69. The Morgan fingerprint density at radius 1 is 1.48 bits per heavy atom. The molecule has 1 aliphatic rings. The first kappa shape index (κ1) is 13.9. The van der Waals surface area contributed by atoms with Crippen LogP contribution in [-0.4, -0.2) is 27.5 Å². The molecule has 112 valence electrons. The van der Waals surface area contributed by atoms with E-state index in [4.69, 9.17) is 4.42 Å². The molecular weight excluding hydrogens is 266 g/mol. The second-order valence-corrected chi connectivity index (χ2v) is 5.69. The molecule has 3 rings (SSSR count). The summed E-state index contributed by atoms with van der Waals surface area (Å²) in [4.78, 5) is 14.6. The van der Waals surface area contributed by atoms with Crippen LogP contribution in [-0.2, 0) is 11.2 Å². The van der Waals surface area contributed by atoms with Crippen molar-refractivity contribution < 1.29 is 9.21 Å². The van der Waals surface area contributed by atoms with E-state index in [1.54, 1.807) is 6.26 Å². The number of nitrogens with zero attached hydrogens (tertiary/aromatic N) is 2. The van der Waals surface area contributed by atoms with Crippen molar-refractivity contribution in [3.05, 3.63) is 41.6 Å². The lowest BCUT2D eigenvalue weighted by molar-refractivity contribution is -0.133. The number of aromatic nitrogens is 2. The minimum atomic E-state index is 0.0649. The monoisotopic (exact) mass is 287 g/mol. The van der Waals surface area contributed by atoms with E-state index in [-0.39, 0.29) is 11.9 Å². The number of hydrogen-bond acceptors (Lipinski definition) is 3. The number of carbonyl (C=O) groups excluding carboxylic acids is 1. The molecule has 0 spiro atoms. The van der Waals surface area contributed by atoms with Gasteiger partial charge < -0.3 is 9.32 Å². The summed E-state index contributed by atoms with van der Waals surface area (Å²) < 4.78 is 5.55. The van der Waals surface area contributed by atoms with Crippen molar-refractivity contribution in [2.24, 2.45) is 0 Å². The quantitative estimate of drug-likeness (QED) is 0.944. The van der Waals surface area contributed by atoms with Crippen LogP contribution in [0.5, 0.6) is 0 Å². The third-order valence-electron chi connectivity index (χ3n) is 4.04. The summed E-state index contributed by atoms with van der Waals surface area (Å²) in [5.41, 5.74) is 1.79. The summed E-state index contributed by atoms with van der Waals surface area (Å²) in [6.07, 6.45) is 6.36. The summed E-state index contributed by atoms with van der Waals surface area (Å²) in [5.74, 6) is 1.02. The Balaban J connectivity index is 1.77. The molecule has 2 aromatic heterocycles. The van der Waals surface area contributed by atoms with Crippen LogP contribution in [0.25, 0.3) is 0 Å². The largest absolute Gasteiger partial charge is 0.467 e. The van der Waals surface area contributed by atoms with Gasteiger partial charge in [0.25, 0.3) is 0 Å². The van der Waals surface area contributed by atoms with Crippen LogP contribution >= 0.6 is 0 Å². The molecule has 0 bridgehead atoms. The number of hydrogen-bond donors (Lipinski definition) is 1. The van der Waals surface area contributed by atoms with E-state index in [0.717, 1.165) is 43.0 Å². The van der Waals surface area contributed by atoms with Crippen molar-refractivity contribution >= 4 is 5.91 Å². The third-order valence-corrected chi connectivity index (χ3v) is 4.04. The second kappa shape index (κ2) is 6.16. The lowest BCUT2D eigenvalue weighted by Gasteiger charge is -2.28. The number of aromatic amines is 1. The number of likely N-dealkylation sites (tertiary alicyclic amines) is 1. The average Bonchev–Trinajstić information content (AvgIpc) is 3.06. The normalized spacial score (nSPS) is 19.5. The molecule has 1 amide bonds. The summed E-state index contributed by atoms with van der Waals surface area (Å²) in [6, 6.07) is 5.85. The zero-order chi connectivity index (χ0) is 14.7. The molecule has 1 aliphatic heterocycles. The van der Waals surface area contributed by atoms with Gasteiger partial charge in [-0.25, -0.2) is 0 Å². The van der Waals surface area contributed by atoms with Crippen LogP contribution in [0.4, 0.5) is 0 Å². The van der Waals surface area contributed by atoms with Crippen LogP contribution in [0.2, 0.25) is 0 Å². The van der Waals surface area contributed by atoms with E-state index in [2.05, 4.69) is 10.2 Å². The number of aryl methyl sites for hydroxylation is 1. The Hall–Kier alpha value is -2.04. The number of amides is 1. The fourth-order valence-corrected chi connectivity index (χ4v) is 3.01. The number of H-pyrrole nitrogens is 1. The fraction of sp³-hybridized carbons (Fsp3) is 0.500. The van der Waals surface area contributed by atoms with Crippen molar-refractivity contribution in [1.82, 2.24) is 15.1 Å². The summed E-state index contributed by atoms with van der Waals surface area (Å²) in [5, 5.41) is 7.05. The molecule has 1 N–H and O–H groups in total. The molecule has 5 heteroatoms. The molecule has 0 aromatic carbocycles. The molecule has 0 unspecified atom stereocenters. The van der Waals surface area contributed by atoms with Gasteiger partial charge in [0.2, 0.25) is 5.91 Å². The Bertz CT molecular complexity index is 588. The molecule has 1 fully saturated rings. The van der Waals surface area contributed by atoms with Gasteiger partial charge in [0.15, 0.2) is 0 Å². The van der Waals surface area contributed by atoms with Crippen molar-refractivity contribution in [3.63, 3.8) is 0 Å². The summed E-state index contributed by atoms with van der Waals surface area (Å²) >= 11 is 0. The molecule has 2 aromatic rings. The minimum absolute atomic E-state index is 0.0649. The van der Waals surface area contributed by atoms with Crippen molar-refractivity contribution in [1.29, 1.82) is 0 Å². The number of carbonyl (C=O) groups is 1. The smallest absolute Gasteiger partial charge is 0.229 e. The first-order valence-corrected chi connectivity index (χ1v) is 7.58. The SMILES string of the molecule is Cc1cc(CC(=O)N2CCCCC[C@H]2c2ccco2)n[nH]1. The molecule has 0 saturated carbocycles. The Morgan fingerprint density at radius 2 is 2.38 bits per heavy atom. The molecule has 1 saturated heterocycles. The van der Waals surface area contributed by atoms with Crippen LogP contribution < -0.4 is 0 Å². The fourth-order valence-electron chi connectivity index (χ4n) is 3.01. The average molecular weight is 287 g/mol. The van der Waals surface area contributed by atoms with E-state index in [1.807, 2.05) is 30.0 Å². The van der Waals surface area contributed by atoms with Gasteiger partial charge in [-0.2, -0.15) is 5.10 Å². The highest BCUT2D eigenvalue weighted by Crippen LogP contribution is 2.30. The molecule has 1 atom stereocenters. The van der Waals surface area contributed by atoms with Gasteiger partial charge in [-0.05, 0) is 38.0 Å². The van der Waals surface area contributed by atoms with Crippen molar-refractivity contribution in [2.75, 3.05) is 6.54 Å². The van der Waals surface area contributed by atoms with Gasteiger partial charge in [0.1, 0.15) is 5.76 Å². The standard InChI is InChI=1S/C16H21N3O2/c1-12-10-13(18-17-12)11-16(20)19-8-4-2-3-6-14(19)15-7-5-9-21-15/h5,7,9-10,14H,2-4,6,8,11H2,1H3,(H,17,18)/t14-/m0/s1. The van der Waals surface area contributed by atoms with Gasteiger partial charge in [-0.1, -0.05) is 12.8 Å². The summed E-state index contributed by atoms with van der Waals surface area (Å²) in [6.45, 7) is 2.74. The zero-order valence-electron chi connectivity index (χ0n) is 12.3. The van der Waals surface area contributed by atoms with Gasteiger partial charge in [-0.3, -0.25) is 9.89 Å². The van der Waals surface area contributed by atoms with Crippen molar-refractivity contribution in [2.45, 2.75) is 45.1 Å². The van der Waals surface area contributed by atoms with Gasteiger partial charge >= 0.3 is 0 Å². The van der Waals surface area contributed by atoms with E-state index < -0.39 is 0 Å². The van der Waals surface area contributed by atoms with Crippen LogP contribution in [0.15, 0.2) is 28.9 Å². The molecule has 0 radical (unpaired) electrons. The highest BCUT2D eigenvalue weighted by Gasteiger charge is 2.28. The van der Waals surface area contributed by atoms with Gasteiger partial charge in [0.05, 0.1) is 24.4 Å². The van der Waals surface area contributed by atoms with Crippen LogP contribution in [0, 0.1) is 6.92 Å². The number of furan rings is 1. The molecule has 3 heterocycles. The molecular formula is C16H21N3O2. The predicted octanol–water partition coefficient (Wildman–Crippen LogP) is 3.00. The topological polar surface area (TPSA) is 62.1 Å². The lowest BCUT2D eigenvalue weighted by atomic mass is 10.1. The maximum absolute atomic E-state index is 12.7. The first-order chi connectivity index (χ1) is 10.2. The Labute approximate surface area is 124 Å². The number of rotatable bonds is 3. The minimum Gasteiger partial charge on any atom is -0.467 e. The van der Waals surface area contributed by atoms with E-state index >= 15 is 0 Å². The highest BCUT2D eigenvalue weighted by atomic mass is 16.3. The zero-order valence-corrected chi connectivity index (χ0v) is 12.3. The molecule has 21 heavy (non-hydrogen) atoms. The molecule has 0 aliphatic carbocycles. The summed E-state index contributed by atoms with van der Waals surface area (Å²) in [7, 11) is 0. The van der Waals surface area contributed by atoms with E-state index in [1.165, 1.54) is 6.42 Å². The maximum Gasteiger partial charge on any atom is 0.229 e. The van der Waals surface area contributed by atoms with Crippen LogP contribution in [0.1, 0.15) is 48.9 Å². The predicted molar refractivity (Wildman–Crippen MR) is 78.7 cm³/mol. The van der Waals surface area contributed by atoms with Crippen LogP contribution in [0.3, 0.4) is 0 Å². The lowest BCUT2D eigenvalue weighted by Crippen LogP contribution is -2.35. The first-order valence-electron chi connectivity index (χ1n) is 7.58. The molecule has 5 nitrogen and oxygen atoms in total. The highest BCUT2D eigenvalue weighted by molar-refractivity contribution is 5.78.